The van der Waals surface area contributed by atoms with Crippen molar-refractivity contribution in [2.75, 3.05) is 10.6 Å². The molecule has 2 aromatic rings. The predicted molar refractivity (Wildman–Crippen MR) is 75.0 cm³/mol. The second-order valence-electron chi connectivity index (χ2n) is 4.19. The van der Waals surface area contributed by atoms with Gasteiger partial charge < -0.3 is 20.8 Å². The van der Waals surface area contributed by atoms with Crippen LogP contribution in [0.25, 0.3) is 0 Å². The number of carbonyl (C=O) groups excluding carboxylic acids is 1. The second-order valence-corrected chi connectivity index (χ2v) is 4.19. The number of carbonyl (C=O) groups is 1. The molecule has 1 atom stereocenters. The monoisotopic (exact) mass is 259 g/mol. The number of hydrogen-bond acceptors (Lipinski definition) is 3. The topological polar surface area (TPSA) is 80.3 Å². The highest BCUT2D eigenvalue weighted by Gasteiger charge is 2.11. The molecule has 0 fully saturated rings. The van der Waals surface area contributed by atoms with Crippen LogP contribution in [0.15, 0.2) is 47.1 Å². The molecule has 1 aromatic carbocycles. The van der Waals surface area contributed by atoms with Gasteiger partial charge in [-0.1, -0.05) is 13.0 Å². The van der Waals surface area contributed by atoms with Crippen LogP contribution in [0.5, 0.6) is 0 Å². The van der Waals surface area contributed by atoms with E-state index in [1.54, 1.807) is 12.3 Å². The molecule has 0 radical (unpaired) electrons. The van der Waals surface area contributed by atoms with Crippen LogP contribution in [-0.4, -0.2) is 6.03 Å². The first kappa shape index (κ1) is 13.0. The standard InChI is InChI=1S/C14H17N3O2/c1-2-12(13-7-4-8-19-13)16-10-5-3-6-11(9-10)17-14(15)18/h3-9,12,16H,2H2,1H3,(H3,15,17,18). The van der Waals surface area contributed by atoms with E-state index < -0.39 is 6.03 Å². The predicted octanol–water partition coefficient (Wildman–Crippen LogP) is 3.33. The molecule has 0 saturated heterocycles. The van der Waals surface area contributed by atoms with Gasteiger partial charge in [0.1, 0.15) is 5.76 Å². The fourth-order valence-electron chi connectivity index (χ4n) is 1.89. The van der Waals surface area contributed by atoms with Crippen molar-refractivity contribution in [3.05, 3.63) is 48.4 Å². The van der Waals surface area contributed by atoms with Gasteiger partial charge in [-0.3, -0.25) is 0 Å². The van der Waals surface area contributed by atoms with Crippen LogP contribution in [-0.2, 0) is 0 Å². The maximum absolute atomic E-state index is 10.8. The Balaban J connectivity index is 2.11. The van der Waals surface area contributed by atoms with Gasteiger partial charge in [0.25, 0.3) is 0 Å². The summed E-state index contributed by atoms with van der Waals surface area (Å²) in [6.07, 6.45) is 2.55. The molecule has 5 nitrogen and oxygen atoms in total. The Bertz CT molecular complexity index is 537. The van der Waals surface area contributed by atoms with Crippen LogP contribution in [0, 0.1) is 0 Å². The molecule has 0 bridgehead atoms. The summed E-state index contributed by atoms with van der Waals surface area (Å²) in [6, 6.07) is 10.7. The SMILES string of the molecule is CCC(Nc1cccc(NC(N)=O)c1)c1ccco1. The lowest BCUT2D eigenvalue weighted by atomic mass is 10.1. The molecule has 0 aliphatic rings. The Kier molecular flexibility index (Phi) is 4.07. The summed E-state index contributed by atoms with van der Waals surface area (Å²) in [4.78, 5) is 10.8. The quantitative estimate of drug-likeness (QED) is 0.770. The third-order valence-corrected chi connectivity index (χ3v) is 2.77. The van der Waals surface area contributed by atoms with Gasteiger partial charge in [0.2, 0.25) is 0 Å². The zero-order chi connectivity index (χ0) is 13.7. The minimum atomic E-state index is -0.574. The number of anilines is 2. The summed E-state index contributed by atoms with van der Waals surface area (Å²) < 4.78 is 5.40. The Morgan fingerprint density at radius 2 is 2.11 bits per heavy atom. The van der Waals surface area contributed by atoms with Crippen molar-refractivity contribution in [2.24, 2.45) is 5.73 Å². The Hall–Kier alpha value is -2.43. The molecule has 0 spiro atoms. The number of rotatable bonds is 5. The van der Waals surface area contributed by atoms with Crippen molar-refractivity contribution in [2.45, 2.75) is 19.4 Å². The molecule has 100 valence electrons. The molecule has 5 heteroatoms. The van der Waals surface area contributed by atoms with Crippen molar-refractivity contribution in [1.82, 2.24) is 0 Å². The molecule has 4 N–H and O–H groups in total. The van der Waals surface area contributed by atoms with E-state index in [1.165, 1.54) is 0 Å². The second kappa shape index (κ2) is 5.95. The summed E-state index contributed by atoms with van der Waals surface area (Å²) in [7, 11) is 0. The zero-order valence-electron chi connectivity index (χ0n) is 10.7. The fraction of sp³-hybridized carbons (Fsp3) is 0.214. The fourth-order valence-corrected chi connectivity index (χ4v) is 1.89. The Morgan fingerprint density at radius 1 is 1.32 bits per heavy atom. The first-order valence-corrected chi connectivity index (χ1v) is 6.15. The normalized spacial score (nSPS) is 11.8. The Morgan fingerprint density at radius 3 is 2.74 bits per heavy atom. The summed E-state index contributed by atoms with van der Waals surface area (Å²) >= 11 is 0. The smallest absolute Gasteiger partial charge is 0.316 e. The van der Waals surface area contributed by atoms with Crippen LogP contribution >= 0.6 is 0 Å². The largest absolute Gasteiger partial charge is 0.467 e. The van der Waals surface area contributed by atoms with Gasteiger partial charge in [0, 0.05) is 11.4 Å². The summed E-state index contributed by atoms with van der Waals surface area (Å²) in [5, 5.41) is 5.91. The average Bonchev–Trinajstić information content (AvgIpc) is 2.89. The van der Waals surface area contributed by atoms with Crippen molar-refractivity contribution in [1.29, 1.82) is 0 Å². The molecular weight excluding hydrogens is 242 g/mol. The number of primary amides is 1. The molecule has 1 aromatic heterocycles. The van der Waals surface area contributed by atoms with Gasteiger partial charge in [-0.2, -0.15) is 0 Å². The molecule has 0 aliphatic heterocycles. The van der Waals surface area contributed by atoms with E-state index in [-0.39, 0.29) is 6.04 Å². The van der Waals surface area contributed by atoms with Crippen LogP contribution in [0.2, 0.25) is 0 Å². The molecule has 1 heterocycles. The summed E-state index contributed by atoms with van der Waals surface area (Å²) in [5.41, 5.74) is 6.65. The van der Waals surface area contributed by atoms with E-state index in [4.69, 9.17) is 10.2 Å². The highest BCUT2D eigenvalue weighted by molar-refractivity contribution is 5.88. The van der Waals surface area contributed by atoms with E-state index in [0.717, 1.165) is 17.9 Å². The average molecular weight is 259 g/mol. The van der Waals surface area contributed by atoms with Crippen LogP contribution in [0.4, 0.5) is 16.2 Å². The Labute approximate surface area is 111 Å². The molecule has 2 rings (SSSR count). The van der Waals surface area contributed by atoms with Gasteiger partial charge in [-0.05, 0) is 36.8 Å². The van der Waals surface area contributed by atoms with Crippen molar-refractivity contribution in [3.8, 4) is 0 Å². The van der Waals surface area contributed by atoms with Gasteiger partial charge >= 0.3 is 6.03 Å². The minimum Gasteiger partial charge on any atom is -0.467 e. The maximum Gasteiger partial charge on any atom is 0.316 e. The van der Waals surface area contributed by atoms with Crippen LogP contribution in [0.3, 0.4) is 0 Å². The summed E-state index contributed by atoms with van der Waals surface area (Å²) in [5.74, 6) is 0.885. The van der Waals surface area contributed by atoms with Gasteiger partial charge in [-0.25, -0.2) is 4.79 Å². The van der Waals surface area contributed by atoms with Crippen molar-refractivity contribution in [3.63, 3.8) is 0 Å². The lowest BCUT2D eigenvalue weighted by molar-refractivity contribution is 0.259. The number of furan rings is 1. The summed E-state index contributed by atoms with van der Waals surface area (Å²) in [6.45, 7) is 2.08. The molecule has 2 amide bonds. The van der Waals surface area contributed by atoms with Gasteiger partial charge in [-0.15, -0.1) is 0 Å². The number of nitrogens with two attached hydrogens (primary N) is 1. The van der Waals surface area contributed by atoms with Crippen LogP contribution in [0.1, 0.15) is 25.1 Å². The highest BCUT2D eigenvalue weighted by Crippen LogP contribution is 2.24. The lowest BCUT2D eigenvalue weighted by Gasteiger charge is -2.16. The van der Waals surface area contributed by atoms with E-state index in [1.807, 2.05) is 30.3 Å². The third-order valence-electron chi connectivity index (χ3n) is 2.77. The molecule has 0 aliphatic carbocycles. The number of amides is 2. The zero-order valence-corrected chi connectivity index (χ0v) is 10.7. The molecule has 19 heavy (non-hydrogen) atoms. The number of urea groups is 1. The van der Waals surface area contributed by atoms with E-state index >= 15 is 0 Å². The molecule has 1 unspecified atom stereocenters. The third kappa shape index (κ3) is 3.51. The lowest BCUT2D eigenvalue weighted by Crippen LogP contribution is -2.19. The minimum absolute atomic E-state index is 0.0961. The van der Waals surface area contributed by atoms with Crippen LogP contribution < -0.4 is 16.4 Å². The van der Waals surface area contributed by atoms with Gasteiger partial charge in [0.15, 0.2) is 0 Å². The van der Waals surface area contributed by atoms with Crippen molar-refractivity contribution >= 4 is 17.4 Å². The molecule has 0 saturated carbocycles. The van der Waals surface area contributed by atoms with E-state index in [0.29, 0.717) is 5.69 Å². The van der Waals surface area contributed by atoms with E-state index in [2.05, 4.69) is 17.6 Å². The first-order chi connectivity index (χ1) is 9.19. The van der Waals surface area contributed by atoms with Gasteiger partial charge in [0.05, 0.1) is 12.3 Å². The first-order valence-electron chi connectivity index (χ1n) is 6.15. The number of nitrogens with one attached hydrogen (secondary N) is 2. The maximum atomic E-state index is 10.8. The number of hydrogen-bond donors (Lipinski definition) is 3. The number of benzene rings is 1. The molecular formula is C14H17N3O2. The van der Waals surface area contributed by atoms with Crippen molar-refractivity contribution < 1.29 is 9.21 Å². The van der Waals surface area contributed by atoms with E-state index in [9.17, 15) is 4.79 Å². The highest BCUT2D eigenvalue weighted by atomic mass is 16.3.